The van der Waals surface area contributed by atoms with Gasteiger partial charge in [0.1, 0.15) is 0 Å². The molecule has 2 heterocycles. The second kappa shape index (κ2) is 6.46. The normalized spacial score (nSPS) is 25.8. The molecule has 1 aliphatic carbocycles. The Kier molecular flexibility index (Phi) is 4.42. The van der Waals surface area contributed by atoms with Crippen molar-refractivity contribution in [3.63, 3.8) is 0 Å². The molecule has 1 aromatic rings. The van der Waals surface area contributed by atoms with Gasteiger partial charge in [-0.1, -0.05) is 18.9 Å². The lowest BCUT2D eigenvalue weighted by atomic mass is 9.82. The molecule has 1 saturated carbocycles. The summed E-state index contributed by atoms with van der Waals surface area (Å²) in [4.78, 5) is 11.5. The molecule has 2 fully saturated rings. The minimum Gasteiger partial charge on any atom is -0.351 e. The van der Waals surface area contributed by atoms with Gasteiger partial charge in [0, 0.05) is 25.8 Å². The predicted octanol–water partition coefficient (Wildman–Crippen LogP) is 2.59. The number of aromatic nitrogens is 1. The van der Waals surface area contributed by atoms with E-state index >= 15 is 0 Å². The van der Waals surface area contributed by atoms with Crippen LogP contribution in [0, 0.1) is 18.8 Å². The molecule has 21 heavy (non-hydrogen) atoms. The molecule has 4 nitrogen and oxygen atoms in total. The Hall–Kier alpha value is -1.58. The maximum atomic E-state index is 4.54. The van der Waals surface area contributed by atoms with E-state index in [9.17, 15) is 0 Å². The zero-order valence-electron chi connectivity index (χ0n) is 13.2. The van der Waals surface area contributed by atoms with Crippen molar-refractivity contribution in [2.75, 3.05) is 20.1 Å². The fraction of sp³-hybridized carbons (Fsp3) is 0.647. The maximum Gasteiger partial charge on any atom is 0.193 e. The predicted molar refractivity (Wildman–Crippen MR) is 86.2 cm³/mol. The smallest absolute Gasteiger partial charge is 0.193 e. The van der Waals surface area contributed by atoms with E-state index in [1.165, 1.54) is 38.8 Å². The summed E-state index contributed by atoms with van der Waals surface area (Å²) in [7, 11) is 1.88. The number of rotatable bonds is 2. The lowest BCUT2D eigenvalue weighted by molar-refractivity contribution is 0.299. The second-order valence-corrected chi connectivity index (χ2v) is 6.38. The highest BCUT2D eigenvalue weighted by Crippen LogP contribution is 2.35. The zero-order valence-corrected chi connectivity index (χ0v) is 13.2. The monoisotopic (exact) mass is 286 g/mol. The molecule has 114 valence electrons. The Morgan fingerprint density at radius 3 is 2.62 bits per heavy atom. The van der Waals surface area contributed by atoms with Crippen LogP contribution in [0.1, 0.15) is 37.1 Å². The fourth-order valence-corrected chi connectivity index (χ4v) is 3.78. The highest BCUT2D eigenvalue weighted by atomic mass is 15.3. The summed E-state index contributed by atoms with van der Waals surface area (Å²) in [6, 6.07) is 6.16. The van der Waals surface area contributed by atoms with Crippen LogP contribution in [0.4, 0.5) is 0 Å². The minimum absolute atomic E-state index is 0.750. The first-order valence-corrected chi connectivity index (χ1v) is 8.14. The van der Waals surface area contributed by atoms with Crippen molar-refractivity contribution in [3.8, 4) is 0 Å². The first-order chi connectivity index (χ1) is 10.3. The van der Waals surface area contributed by atoms with Crippen LogP contribution in [0.15, 0.2) is 23.2 Å². The average molecular weight is 286 g/mol. The number of hydrogen-bond donors (Lipinski definition) is 1. The molecule has 2 unspecified atom stereocenters. The van der Waals surface area contributed by atoms with Gasteiger partial charge in [-0.15, -0.1) is 0 Å². The summed E-state index contributed by atoms with van der Waals surface area (Å²) in [6.07, 6.45) is 5.62. The van der Waals surface area contributed by atoms with E-state index in [0.717, 1.165) is 35.7 Å². The average Bonchev–Trinajstić information content (AvgIpc) is 2.91. The summed E-state index contributed by atoms with van der Waals surface area (Å²) in [5.74, 6) is 2.80. The van der Waals surface area contributed by atoms with E-state index in [1.54, 1.807) is 0 Å². The zero-order chi connectivity index (χ0) is 14.7. The largest absolute Gasteiger partial charge is 0.351 e. The van der Waals surface area contributed by atoms with Crippen molar-refractivity contribution in [2.24, 2.45) is 16.8 Å². The number of nitrogens with zero attached hydrogens (tertiary/aromatic N) is 3. The Balaban J connectivity index is 1.58. The van der Waals surface area contributed by atoms with E-state index < -0.39 is 0 Å². The molecular weight excluding hydrogens is 260 g/mol. The summed E-state index contributed by atoms with van der Waals surface area (Å²) in [5.41, 5.74) is 2.14. The van der Waals surface area contributed by atoms with Crippen LogP contribution >= 0.6 is 0 Å². The van der Waals surface area contributed by atoms with E-state index in [0.29, 0.717) is 0 Å². The third-order valence-corrected chi connectivity index (χ3v) is 4.86. The van der Waals surface area contributed by atoms with Crippen LogP contribution in [0.25, 0.3) is 0 Å². The van der Waals surface area contributed by atoms with Crippen molar-refractivity contribution in [2.45, 2.75) is 39.2 Å². The molecule has 1 saturated heterocycles. The van der Waals surface area contributed by atoms with Gasteiger partial charge < -0.3 is 10.2 Å². The summed E-state index contributed by atoms with van der Waals surface area (Å²) < 4.78 is 0. The van der Waals surface area contributed by atoms with Crippen molar-refractivity contribution < 1.29 is 0 Å². The Morgan fingerprint density at radius 1 is 1.29 bits per heavy atom. The topological polar surface area (TPSA) is 40.5 Å². The van der Waals surface area contributed by atoms with Crippen molar-refractivity contribution in [1.82, 2.24) is 15.2 Å². The standard InChI is InChI=1S/C17H26N4/c1-13-6-5-9-16(20-13)10-19-17(18-2)21-11-14-7-3-4-8-15(14)12-21/h5-6,9,14-15H,3-4,7-8,10-12H2,1-2H3,(H,18,19). The van der Waals surface area contributed by atoms with Crippen LogP contribution in [-0.2, 0) is 6.54 Å². The van der Waals surface area contributed by atoms with Gasteiger partial charge in [-0.25, -0.2) is 0 Å². The lowest BCUT2D eigenvalue weighted by Crippen LogP contribution is -2.40. The van der Waals surface area contributed by atoms with Crippen LogP contribution in [0.2, 0.25) is 0 Å². The van der Waals surface area contributed by atoms with Crippen LogP contribution < -0.4 is 5.32 Å². The Labute approximate surface area is 127 Å². The molecule has 0 amide bonds. The number of pyridine rings is 1. The van der Waals surface area contributed by atoms with Gasteiger partial charge in [0.25, 0.3) is 0 Å². The van der Waals surface area contributed by atoms with Crippen molar-refractivity contribution >= 4 is 5.96 Å². The number of fused-ring (bicyclic) bond motifs is 1. The fourth-order valence-electron chi connectivity index (χ4n) is 3.78. The quantitative estimate of drug-likeness (QED) is 0.671. The third kappa shape index (κ3) is 3.36. The summed E-state index contributed by atoms with van der Waals surface area (Å²) in [5, 5.41) is 3.48. The van der Waals surface area contributed by atoms with E-state index in [1.807, 2.05) is 20.0 Å². The molecule has 2 atom stereocenters. The highest BCUT2D eigenvalue weighted by Gasteiger charge is 2.35. The minimum atomic E-state index is 0.750. The summed E-state index contributed by atoms with van der Waals surface area (Å²) in [6.45, 7) is 5.13. The molecule has 0 bridgehead atoms. The Morgan fingerprint density at radius 2 is 2.00 bits per heavy atom. The number of likely N-dealkylation sites (tertiary alicyclic amines) is 1. The van der Waals surface area contributed by atoms with Crippen molar-refractivity contribution in [3.05, 3.63) is 29.6 Å². The molecule has 1 aromatic heterocycles. The van der Waals surface area contributed by atoms with Crippen LogP contribution in [-0.4, -0.2) is 36.0 Å². The molecule has 0 radical (unpaired) electrons. The number of hydrogen-bond acceptors (Lipinski definition) is 2. The third-order valence-electron chi connectivity index (χ3n) is 4.86. The number of guanidine groups is 1. The van der Waals surface area contributed by atoms with Crippen LogP contribution in [0.3, 0.4) is 0 Å². The van der Waals surface area contributed by atoms with Gasteiger partial charge in [0.05, 0.1) is 12.2 Å². The lowest BCUT2D eigenvalue weighted by Gasteiger charge is -2.22. The first-order valence-electron chi connectivity index (χ1n) is 8.14. The molecule has 3 rings (SSSR count). The maximum absolute atomic E-state index is 4.54. The molecule has 0 spiro atoms. The second-order valence-electron chi connectivity index (χ2n) is 6.38. The Bertz CT molecular complexity index is 497. The first kappa shape index (κ1) is 14.4. The molecule has 2 aliphatic rings. The van der Waals surface area contributed by atoms with Gasteiger partial charge in [-0.2, -0.15) is 0 Å². The number of aliphatic imine (C=N–C) groups is 1. The van der Waals surface area contributed by atoms with E-state index in [4.69, 9.17) is 0 Å². The van der Waals surface area contributed by atoms with Gasteiger partial charge in [-0.3, -0.25) is 9.98 Å². The van der Waals surface area contributed by atoms with Crippen LogP contribution in [0.5, 0.6) is 0 Å². The van der Waals surface area contributed by atoms with Gasteiger partial charge >= 0.3 is 0 Å². The van der Waals surface area contributed by atoms with Gasteiger partial charge in [0.15, 0.2) is 5.96 Å². The van der Waals surface area contributed by atoms with E-state index in [2.05, 4.69) is 32.3 Å². The molecular formula is C17H26N4. The highest BCUT2D eigenvalue weighted by molar-refractivity contribution is 5.80. The SMILES string of the molecule is CN=C(NCc1cccc(C)n1)N1CC2CCCCC2C1. The summed E-state index contributed by atoms with van der Waals surface area (Å²) >= 11 is 0. The molecule has 1 N–H and O–H groups in total. The van der Waals surface area contributed by atoms with Gasteiger partial charge in [-0.05, 0) is 43.7 Å². The van der Waals surface area contributed by atoms with E-state index in [-0.39, 0.29) is 0 Å². The molecule has 0 aromatic carbocycles. The molecule has 4 heteroatoms. The van der Waals surface area contributed by atoms with Gasteiger partial charge in [0.2, 0.25) is 0 Å². The molecule has 1 aliphatic heterocycles. The number of nitrogens with one attached hydrogen (secondary N) is 1. The number of aryl methyl sites for hydroxylation is 1. The van der Waals surface area contributed by atoms with Crippen molar-refractivity contribution in [1.29, 1.82) is 0 Å².